The summed E-state index contributed by atoms with van der Waals surface area (Å²) >= 11 is 0. The Morgan fingerprint density at radius 3 is 2.53 bits per heavy atom. The lowest BCUT2D eigenvalue weighted by molar-refractivity contribution is 0.802. The third-order valence-electron chi connectivity index (χ3n) is 2.36. The second kappa shape index (κ2) is 3.69. The van der Waals surface area contributed by atoms with Gasteiger partial charge in [-0.1, -0.05) is 30.3 Å². The molecule has 1 aromatic carbocycles. The van der Waals surface area contributed by atoms with Crippen LogP contribution in [0.15, 0.2) is 41.3 Å². The summed E-state index contributed by atoms with van der Waals surface area (Å²) in [5.41, 5.74) is 2.63. The van der Waals surface area contributed by atoms with Crippen LogP contribution in [0.4, 0.5) is 0 Å². The fourth-order valence-electron chi connectivity index (χ4n) is 1.53. The number of nitrogens with zero attached hydrogens (tertiary/aromatic N) is 2. The first kappa shape index (κ1) is 9.65. The predicted octanol–water partition coefficient (Wildman–Crippen LogP) is 1.76. The van der Waals surface area contributed by atoms with Gasteiger partial charge in [-0.3, -0.25) is 0 Å². The highest BCUT2D eigenvalue weighted by Gasteiger charge is 2.04. The minimum atomic E-state index is -0.216. The molecule has 0 atom stereocenters. The van der Waals surface area contributed by atoms with Crippen molar-refractivity contribution in [1.82, 2.24) is 9.55 Å². The Balaban J connectivity index is 2.64. The van der Waals surface area contributed by atoms with Crippen LogP contribution in [-0.2, 0) is 7.05 Å². The molecule has 3 nitrogen and oxygen atoms in total. The molecule has 0 radical (unpaired) electrons. The normalized spacial score (nSPS) is 10.3. The molecule has 2 aromatic rings. The molecule has 0 bridgehead atoms. The van der Waals surface area contributed by atoms with E-state index in [9.17, 15) is 4.79 Å². The zero-order chi connectivity index (χ0) is 10.8. The number of aryl methyl sites for hydroxylation is 2. The standard InChI is InChI=1S/C12H12N2O/c1-9-11(8-14(2)12(15)13-9)10-6-4-3-5-7-10/h3-8H,1-2H3. The average molecular weight is 200 g/mol. The van der Waals surface area contributed by atoms with Crippen molar-refractivity contribution in [1.29, 1.82) is 0 Å². The third kappa shape index (κ3) is 1.81. The Bertz CT molecular complexity index is 529. The van der Waals surface area contributed by atoms with Gasteiger partial charge in [-0.05, 0) is 12.5 Å². The molecule has 3 heteroatoms. The number of benzene rings is 1. The number of rotatable bonds is 1. The van der Waals surface area contributed by atoms with Gasteiger partial charge >= 0.3 is 5.69 Å². The summed E-state index contributed by atoms with van der Waals surface area (Å²) in [6.45, 7) is 1.85. The van der Waals surface area contributed by atoms with Crippen LogP contribution >= 0.6 is 0 Å². The zero-order valence-electron chi connectivity index (χ0n) is 8.77. The molecule has 0 aliphatic rings. The van der Waals surface area contributed by atoms with E-state index in [4.69, 9.17) is 0 Å². The monoisotopic (exact) mass is 200 g/mol. The fourth-order valence-corrected chi connectivity index (χ4v) is 1.53. The van der Waals surface area contributed by atoms with Crippen LogP contribution in [0.2, 0.25) is 0 Å². The highest BCUT2D eigenvalue weighted by atomic mass is 16.1. The lowest BCUT2D eigenvalue weighted by Crippen LogP contribution is -2.20. The number of hydrogen-bond donors (Lipinski definition) is 0. The van der Waals surface area contributed by atoms with Gasteiger partial charge in [0.2, 0.25) is 0 Å². The maximum Gasteiger partial charge on any atom is 0.347 e. The Morgan fingerprint density at radius 1 is 1.20 bits per heavy atom. The first-order chi connectivity index (χ1) is 7.18. The molecule has 0 fully saturated rings. The largest absolute Gasteiger partial charge is 0.347 e. The molecule has 0 spiro atoms. The molecule has 0 saturated heterocycles. The topological polar surface area (TPSA) is 34.9 Å². The van der Waals surface area contributed by atoms with Crippen LogP contribution < -0.4 is 5.69 Å². The van der Waals surface area contributed by atoms with Crippen molar-refractivity contribution in [2.24, 2.45) is 7.05 Å². The summed E-state index contributed by atoms with van der Waals surface area (Å²) in [7, 11) is 1.71. The van der Waals surface area contributed by atoms with Crippen molar-refractivity contribution in [3.05, 3.63) is 52.7 Å². The van der Waals surface area contributed by atoms with Crippen LogP contribution in [0.1, 0.15) is 5.69 Å². The van der Waals surface area contributed by atoms with Crippen molar-refractivity contribution in [2.75, 3.05) is 0 Å². The lowest BCUT2D eigenvalue weighted by Gasteiger charge is -2.06. The molecule has 1 heterocycles. The van der Waals surface area contributed by atoms with E-state index in [2.05, 4.69) is 4.98 Å². The quantitative estimate of drug-likeness (QED) is 0.703. The highest BCUT2D eigenvalue weighted by Crippen LogP contribution is 2.19. The summed E-state index contributed by atoms with van der Waals surface area (Å²) in [5.74, 6) is 0. The van der Waals surface area contributed by atoms with Crippen LogP contribution in [0.25, 0.3) is 11.1 Å². The van der Waals surface area contributed by atoms with E-state index in [0.717, 1.165) is 16.8 Å². The second-order valence-electron chi connectivity index (χ2n) is 3.50. The van der Waals surface area contributed by atoms with Crippen molar-refractivity contribution >= 4 is 0 Å². The maximum atomic E-state index is 11.3. The Hall–Kier alpha value is -1.90. The minimum absolute atomic E-state index is 0.216. The second-order valence-corrected chi connectivity index (χ2v) is 3.50. The van der Waals surface area contributed by atoms with Crippen LogP contribution in [0.3, 0.4) is 0 Å². The van der Waals surface area contributed by atoms with Crippen LogP contribution in [0.5, 0.6) is 0 Å². The maximum absolute atomic E-state index is 11.3. The zero-order valence-corrected chi connectivity index (χ0v) is 8.77. The molecule has 0 N–H and O–H groups in total. The molecule has 2 rings (SSSR count). The molecular formula is C12H12N2O. The van der Waals surface area contributed by atoms with E-state index in [0.29, 0.717) is 0 Å². The Morgan fingerprint density at radius 2 is 1.87 bits per heavy atom. The highest BCUT2D eigenvalue weighted by molar-refractivity contribution is 5.64. The molecule has 0 aliphatic carbocycles. The van der Waals surface area contributed by atoms with Crippen molar-refractivity contribution in [3.8, 4) is 11.1 Å². The van der Waals surface area contributed by atoms with Gasteiger partial charge in [0.05, 0.1) is 5.69 Å². The van der Waals surface area contributed by atoms with Crippen molar-refractivity contribution < 1.29 is 0 Å². The van der Waals surface area contributed by atoms with E-state index in [1.807, 2.05) is 43.5 Å². The number of hydrogen-bond acceptors (Lipinski definition) is 2. The predicted molar refractivity (Wildman–Crippen MR) is 59.7 cm³/mol. The van der Waals surface area contributed by atoms with Crippen LogP contribution in [-0.4, -0.2) is 9.55 Å². The summed E-state index contributed by atoms with van der Waals surface area (Å²) in [4.78, 5) is 15.2. The average Bonchev–Trinajstić information content (AvgIpc) is 2.25. The number of aromatic nitrogens is 2. The molecule has 0 unspecified atom stereocenters. The van der Waals surface area contributed by atoms with Gasteiger partial charge in [-0.2, -0.15) is 4.98 Å². The summed E-state index contributed by atoms with van der Waals surface area (Å²) in [6, 6.07) is 9.93. The van der Waals surface area contributed by atoms with E-state index in [-0.39, 0.29) is 5.69 Å². The van der Waals surface area contributed by atoms with E-state index in [1.165, 1.54) is 4.57 Å². The molecule has 0 aliphatic heterocycles. The Labute approximate surface area is 88.0 Å². The molecule has 1 aromatic heterocycles. The van der Waals surface area contributed by atoms with Gasteiger partial charge in [-0.25, -0.2) is 4.79 Å². The lowest BCUT2D eigenvalue weighted by atomic mass is 10.1. The molecule has 0 saturated carbocycles. The smallest absolute Gasteiger partial charge is 0.302 e. The first-order valence-corrected chi connectivity index (χ1v) is 4.78. The first-order valence-electron chi connectivity index (χ1n) is 4.78. The molecule has 0 amide bonds. The van der Waals surface area contributed by atoms with Gasteiger partial charge in [0.15, 0.2) is 0 Å². The van der Waals surface area contributed by atoms with E-state index >= 15 is 0 Å². The van der Waals surface area contributed by atoms with Gasteiger partial charge in [0.1, 0.15) is 0 Å². The van der Waals surface area contributed by atoms with E-state index in [1.54, 1.807) is 7.05 Å². The van der Waals surface area contributed by atoms with Crippen molar-refractivity contribution in [2.45, 2.75) is 6.92 Å². The molecular weight excluding hydrogens is 188 g/mol. The van der Waals surface area contributed by atoms with E-state index < -0.39 is 0 Å². The van der Waals surface area contributed by atoms with Crippen LogP contribution in [0, 0.1) is 6.92 Å². The summed E-state index contributed by atoms with van der Waals surface area (Å²) in [5, 5.41) is 0. The molecule has 76 valence electrons. The van der Waals surface area contributed by atoms with Crippen molar-refractivity contribution in [3.63, 3.8) is 0 Å². The van der Waals surface area contributed by atoms with Gasteiger partial charge < -0.3 is 4.57 Å². The summed E-state index contributed by atoms with van der Waals surface area (Å²) < 4.78 is 1.50. The van der Waals surface area contributed by atoms with Gasteiger partial charge in [0, 0.05) is 18.8 Å². The fraction of sp³-hybridized carbons (Fsp3) is 0.167. The van der Waals surface area contributed by atoms with Gasteiger partial charge in [-0.15, -0.1) is 0 Å². The minimum Gasteiger partial charge on any atom is -0.302 e. The third-order valence-corrected chi connectivity index (χ3v) is 2.36. The Kier molecular flexibility index (Phi) is 2.37. The van der Waals surface area contributed by atoms with Gasteiger partial charge in [0.25, 0.3) is 0 Å². The summed E-state index contributed by atoms with van der Waals surface area (Å²) in [6.07, 6.45) is 1.82. The molecule has 15 heavy (non-hydrogen) atoms. The SMILES string of the molecule is Cc1nc(=O)n(C)cc1-c1ccccc1.